The first-order valence-corrected chi connectivity index (χ1v) is 8.11. The summed E-state index contributed by atoms with van der Waals surface area (Å²) in [6, 6.07) is 9.10. The van der Waals surface area contributed by atoms with E-state index in [1.807, 2.05) is 0 Å². The Hall–Kier alpha value is -1.35. The van der Waals surface area contributed by atoms with Crippen LogP contribution >= 0.6 is 0 Å². The topological polar surface area (TPSA) is 41.1 Å². The number of benzene rings is 1. The fourth-order valence-electron chi connectivity index (χ4n) is 2.95. The molecular weight excluding hydrogens is 260 g/mol. The smallest absolute Gasteiger partial charge is 0.223 e. The van der Waals surface area contributed by atoms with Gasteiger partial charge in [-0.05, 0) is 50.3 Å². The number of hydrogen-bond acceptors (Lipinski definition) is 2. The van der Waals surface area contributed by atoms with Gasteiger partial charge in [0.15, 0.2) is 0 Å². The average molecular weight is 288 g/mol. The Kier molecular flexibility index (Phi) is 5.40. The van der Waals surface area contributed by atoms with Gasteiger partial charge in [-0.3, -0.25) is 4.79 Å². The van der Waals surface area contributed by atoms with Crippen molar-refractivity contribution in [2.24, 2.45) is 5.92 Å². The third-order valence-electron chi connectivity index (χ3n) is 4.46. The van der Waals surface area contributed by atoms with E-state index in [2.05, 4.69) is 62.6 Å². The van der Waals surface area contributed by atoms with Crippen molar-refractivity contribution in [3.63, 3.8) is 0 Å². The van der Waals surface area contributed by atoms with Crippen LogP contribution in [-0.4, -0.2) is 18.5 Å². The zero-order valence-electron chi connectivity index (χ0n) is 13.6. The number of nitrogens with one attached hydrogen (secondary N) is 2. The van der Waals surface area contributed by atoms with Gasteiger partial charge in [-0.2, -0.15) is 0 Å². The first-order chi connectivity index (χ1) is 9.97. The predicted molar refractivity (Wildman–Crippen MR) is 87.3 cm³/mol. The number of carbonyl (C=O) groups is 1. The zero-order valence-corrected chi connectivity index (χ0v) is 13.6. The normalized spacial score (nSPS) is 23.9. The molecule has 0 radical (unpaired) electrons. The van der Waals surface area contributed by atoms with Gasteiger partial charge in [0, 0.05) is 12.0 Å². The van der Waals surface area contributed by atoms with E-state index < -0.39 is 0 Å². The van der Waals surface area contributed by atoms with Crippen molar-refractivity contribution in [3.8, 4) is 0 Å². The van der Waals surface area contributed by atoms with E-state index in [4.69, 9.17) is 0 Å². The van der Waals surface area contributed by atoms with Crippen LogP contribution in [0, 0.1) is 5.92 Å². The molecule has 2 rings (SSSR count). The molecule has 2 N–H and O–H groups in total. The lowest BCUT2D eigenvalue weighted by Gasteiger charge is -2.28. The fourth-order valence-corrected chi connectivity index (χ4v) is 2.95. The van der Waals surface area contributed by atoms with Crippen LogP contribution in [0.3, 0.4) is 0 Å². The lowest BCUT2D eigenvalue weighted by atomic mass is 9.92. The largest absolute Gasteiger partial charge is 0.349 e. The molecule has 1 heterocycles. The standard InChI is InChI=1S/C18H28N2O/c1-12(2)15-5-7-16(8-6-15)14(4)20-18(21)17-9-10-19-13(3)11-17/h5-8,12-14,17,19H,9-11H2,1-4H3,(H,20,21). The highest BCUT2D eigenvalue weighted by Crippen LogP contribution is 2.21. The van der Waals surface area contributed by atoms with Gasteiger partial charge in [0.05, 0.1) is 6.04 Å². The van der Waals surface area contributed by atoms with Crippen LogP contribution in [0.5, 0.6) is 0 Å². The molecule has 3 heteroatoms. The van der Waals surface area contributed by atoms with E-state index >= 15 is 0 Å². The third kappa shape index (κ3) is 4.31. The van der Waals surface area contributed by atoms with Gasteiger partial charge in [0.25, 0.3) is 0 Å². The monoisotopic (exact) mass is 288 g/mol. The van der Waals surface area contributed by atoms with E-state index in [9.17, 15) is 4.79 Å². The van der Waals surface area contributed by atoms with E-state index in [0.717, 1.165) is 19.4 Å². The maximum Gasteiger partial charge on any atom is 0.223 e. The minimum Gasteiger partial charge on any atom is -0.349 e. The molecule has 3 atom stereocenters. The van der Waals surface area contributed by atoms with Gasteiger partial charge >= 0.3 is 0 Å². The van der Waals surface area contributed by atoms with Crippen molar-refractivity contribution in [2.45, 2.75) is 58.5 Å². The van der Waals surface area contributed by atoms with Gasteiger partial charge in [-0.1, -0.05) is 38.1 Å². The van der Waals surface area contributed by atoms with Crippen LogP contribution in [-0.2, 0) is 4.79 Å². The zero-order chi connectivity index (χ0) is 15.4. The Morgan fingerprint density at radius 2 is 1.81 bits per heavy atom. The fraction of sp³-hybridized carbons (Fsp3) is 0.611. The van der Waals surface area contributed by atoms with E-state index in [0.29, 0.717) is 12.0 Å². The Morgan fingerprint density at radius 3 is 2.38 bits per heavy atom. The lowest BCUT2D eigenvalue weighted by Crippen LogP contribution is -2.42. The van der Waals surface area contributed by atoms with Gasteiger partial charge in [-0.15, -0.1) is 0 Å². The maximum absolute atomic E-state index is 12.4. The first-order valence-electron chi connectivity index (χ1n) is 8.11. The highest BCUT2D eigenvalue weighted by atomic mass is 16.1. The molecule has 1 amide bonds. The molecule has 3 nitrogen and oxygen atoms in total. The first kappa shape index (κ1) is 16.0. The van der Waals surface area contributed by atoms with E-state index in [1.165, 1.54) is 11.1 Å². The maximum atomic E-state index is 12.4. The van der Waals surface area contributed by atoms with E-state index in [-0.39, 0.29) is 17.9 Å². The number of hydrogen-bond donors (Lipinski definition) is 2. The highest BCUT2D eigenvalue weighted by molar-refractivity contribution is 5.79. The summed E-state index contributed by atoms with van der Waals surface area (Å²) < 4.78 is 0. The highest BCUT2D eigenvalue weighted by Gasteiger charge is 2.25. The van der Waals surface area contributed by atoms with E-state index in [1.54, 1.807) is 0 Å². The number of carbonyl (C=O) groups excluding carboxylic acids is 1. The second-order valence-corrected chi connectivity index (χ2v) is 6.63. The molecule has 1 fully saturated rings. The molecule has 1 aromatic carbocycles. The second-order valence-electron chi connectivity index (χ2n) is 6.63. The van der Waals surface area contributed by atoms with Crippen molar-refractivity contribution >= 4 is 5.91 Å². The van der Waals surface area contributed by atoms with Crippen LogP contribution < -0.4 is 10.6 Å². The molecule has 1 saturated heterocycles. The van der Waals surface area contributed by atoms with Crippen LogP contribution in [0.4, 0.5) is 0 Å². The predicted octanol–water partition coefficient (Wildman–Crippen LogP) is 3.38. The van der Waals surface area contributed by atoms with Gasteiger partial charge in [0.1, 0.15) is 0 Å². The summed E-state index contributed by atoms with van der Waals surface area (Å²) in [5.41, 5.74) is 2.51. The minimum absolute atomic E-state index is 0.0731. The van der Waals surface area contributed by atoms with Crippen LogP contribution in [0.2, 0.25) is 0 Å². The van der Waals surface area contributed by atoms with Gasteiger partial charge in [-0.25, -0.2) is 0 Å². The Bertz CT molecular complexity index is 467. The summed E-state index contributed by atoms with van der Waals surface area (Å²) in [7, 11) is 0. The van der Waals surface area contributed by atoms with Crippen molar-refractivity contribution in [3.05, 3.63) is 35.4 Å². The molecule has 1 aliphatic rings. The molecule has 0 saturated carbocycles. The van der Waals surface area contributed by atoms with Crippen LogP contribution in [0.25, 0.3) is 0 Å². The minimum atomic E-state index is 0.0731. The van der Waals surface area contributed by atoms with Gasteiger partial charge in [0.2, 0.25) is 5.91 Å². The van der Waals surface area contributed by atoms with Crippen molar-refractivity contribution in [2.75, 3.05) is 6.54 Å². The quantitative estimate of drug-likeness (QED) is 0.892. The Morgan fingerprint density at radius 1 is 1.19 bits per heavy atom. The Labute approximate surface area is 128 Å². The van der Waals surface area contributed by atoms with Crippen molar-refractivity contribution in [1.29, 1.82) is 0 Å². The number of rotatable bonds is 4. The van der Waals surface area contributed by atoms with Crippen molar-refractivity contribution in [1.82, 2.24) is 10.6 Å². The molecular formula is C18H28N2O. The molecule has 1 aromatic rings. The summed E-state index contributed by atoms with van der Waals surface area (Å²) in [5.74, 6) is 0.891. The summed E-state index contributed by atoms with van der Waals surface area (Å²) in [6.45, 7) is 9.54. The summed E-state index contributed by atoms with van der Waals surface area (Å²) in [4.78, 5) is 12.4. The number of amides is 1. The SMILES string of the molecule is CC1CC(C(=O)NC(C)c2ccc(C(C)C)cc2)CCN1. The molecule has 21 heavy (non-hydrogen) atoms. The third-order valence-corrected chi connectivity index (χ3v) is 4.46. The molecule has 3 unspecified atom stereocenters. The average Bonchev–Trinajstić information content (AvgIpc) is 2.47. The van der Waals surface area contributed by atoms with Crippen LogP contribution in [0.15, 0.2) is 24.3 Å². The Balaban J connectivity index is 1.93. The summed E-state index contributed by atoms with van der Waals surface area (Å²) in [5, 5.41) is 6.56. The summed E-state index contributed by atoms with van der Waals surface area (Å²) >= 11 is 0. The molecule has 0 aliphatic carbocycles. The molecule has 0 bridgehead atoms. The second kappa shape index (κ2) is 7.08. The van der Waals surface area contributed by atoms with Crippen molar-refractivity contribution < 1.29 is 4.79 Å². The lowest BCUT2D eigenvalue weighted by molar-refractivity contribution is -0.126. The molecule has 116 valence electrons. The molecule has 0 spiro atoms. The van der Waals surface area contributed by atoms with Crippen LogP contribution in [0.1, 0.15) is 63.6 Å². The van der Waals surface area contributed by atoms with Gasteiger partial charge < -0.3 is 10.6 Å². The summed E-state index contributed by atoms with van der Waals surface area (Å²) in [6.07, 6.45) is 1.88. The molecule has 1 aliphatic heterocycles. The molecule has 0 aromatic heterocycles. The number of piperidine rings is 1.